The van der Waals surface area contributed by atoms with E-state index < -0.39 is 22.7 Å². The number of carbonyl (C=O) groups excluding carboxylic acids is 2. The van der Waals surface area contributed by atoms with Crippen LogP contribution >= 0.6 is 0 Å². The van der Waals surface area contributed by atoms with Gasteiger partial charge in [0.2, 0.25) is 5.91 Å². The van der Waals surface area contributed by atoms with Crippen LogP contribution in [0.1, 0.15) is 63.2 Å². The summed E-state index contributed by atoms with van der Waals surface area (Å²) in [5, 5.41) is 15.6. The summed E-state index contributed by atoms with van der Waals surface area (Å²) in [4.78, 5) is 28.6. The zero-order valence-corrected chi connectivity index (χ0v) is 17.7. The van der Waals surface area contributed by atoms with E-state index in [1.807, 2.05) is 41.5 Å². The van der Waals surface area contributed by atoms with Crippen molar-refractivity contribution in [1.82, 2.24) is 10.3 Å². The van der Waals surface area contributed by atoms with Crippen molar-refractivity contribution in [2.24, 2.45) is 0 Å². The summed E-state index contributed by atoms with van der Waals surface area (Å²) in [6.45, 7) is 11.2. The molecule has 156 valence electrons. The van der Waals surface area contributed by atoms with Crippen LogP contribution in [0.3, 0.4) is 0 Å². The SMILES string of the molecule is CC(C)(C)NC(=O)c1cc(NC(=O)Cc2cc(O)c(C(C)(C)C)cc2F)ccn1. The normalized spacial score (nSPS) is 11.8. The third-order valence-electron chi connectivity index (χ3n) is 4.09. The van der Waals surface area contributed by atoms with Crippen molar-refractivity contribution in [2.45, 2.75) is 58.9 Å². The van der Waals surface area contributed by atoms with E-state index in [1.54, 1.807) is 6.07 Å². The number of aromatic hydroxyl groups is 1. The lowest BCUT2D eigenvalue weighted by Crippen LogP contribution is -2.40. The Kier molecular flexibility index (Phi) is 6.30. The fourth-order valence-electron chi connectivity index (χ4n) is 2.76. The van der Waals surface area contributed by atoms with E-state index in [2.05, 4.69) is 15.6 Å². The van der Waals surface area contributed by atoms with Gasteiger partial charge in [-0.2, -0.15) is 0 Å². The van der Waals surface area contributed by atoms with E-state index in [1.165, 1.54) is 24.4 Å². The van der Waals surface area contributed by atoms with E-state index in [9.17, 15) is 19.1 Å². The van der Waals surface area contributed by atoms with Gasteiger partial charge in [-0.05, 0) is 50.5 Å². The maximum Gasteiger partial charge on any atom is 0.270 e. The van der Waals surface area contributed by atoms with Crippen molar-refractivity contribution in [3.63, 3.8) is 0 Å². The molecule has 0 aliphatic carbocycles. The van der Waals surface area contributed by atoms with Crippen LogP contribution < -0.4 is 10.6 Å². The number of hydrogen-bond donors (Lipinski definition) is 3. The number of hydrogen-bond acceptors (Lipinski definition) is 4. The molecule has 0 fully saturated rings. The minimum Gasteiger partial charge on any atom is -0.508 e. The monoisotopic (exact) mass is 401 g/mol. The van der Waals surface area contributed by atoms with Crippen LogP contribution in [0, 0.1) is 5.82 Å². The molecule has 3 N–H and O–H groups in total. The van der Waals surface area contributed by atoms with Gasteiger partial charge in [0.15, 0.2) is 0 Å². The summed E-state index contributed by atoms with van der Waals surface area (Å²) < 4.78 is 14.4. The molecule has 0 aliphatic rings. The minimum absolute atomic E-state index is 0.0493. The molecule has 0 unspecified atom stereocenters. The van der Waals surface area contributed by atoms with Gasteiger partial charge in [0.25, 0.3) is 5.91 Å². The molecule has 6 nitrogen and oxygen atoms in total. The number of phenols is 1. The number of nitrogens with one attached hydrogen (secondary N) is 2. The molecule has 2 aromatic rings. The summed E-state index contributed by atoms with van der Waals surface area (Å²) in [6.07, 6.45) is 1.16. The Morgan fingerprint density at radius 3 is 2.34 bits per heavy atom. The average molecular weight is 401 g/mol. The molecular formula is C22H28FN3O3. The number of carbonyl (C=O) groups is 2. The minimum atomic E-state index is -0.553. The second-order valence-corrected chi connectivity index (χ2v) is 9.07. The van der Waals surface area contributed by atoms with Crippen molar-refractivity contribution in [3.05, 3.63) is 53.1 Å². The van der Waals surface area contributed by atoms with Gasteiger partial charge >= 0.3 is 0 Å². The second kappa shape index (κ2) is 8.19. The average Bonchev–Trinajstić information content (AvgIpc) is 2.55. The molecule has 7 heteroatoms. The van der Waals surface area contributed by atoms with Gasteiger partial charge in [0.05, 0.1) is 6.42 Å². The quantitative estimate of drug-likeness (QED) is 0.724. The number of phenolic OH excluding ortho intramolecular Hbond substituents is 1. The number of rotatable bonds is 4. The summed E-state index contributed by atoms with van der Waals surface area (Å²) >= 11 is 0. The third-order valence-corrected chi connectivity index (χ3v) is 4.09. The van der Waals surface area contributed by atoms with Gasteiger partial charge in [-0.15, -0.1) is 0 Å². The van der Waals surface area contributed by atoms with Gasteiger partial charge in [-0.3, -0.25) is 14.6 Å². The number of anilines is 1. The molecule has 0 saturated carbocycles. The van der Waals surface area contributed by atoms with Crippen LogP contribution in [-0.2, 0) is 16.6 Å². The zero-order valence-electron chi connectivity index (χ0n) is 17.7. The standard InChI is InChI=1S/C22H28FN3O3/c1-21(2,3)15-12-16(23)13(9-18(15)27)10-19(28)25-14-7-8-24-17(11-14)20(29)26-22(4,5)6/h7-9,11-12,27H,10H2,1-6H3,(H,26,29)(H,24,25,28). The highest BCUT2D eigenvalue weighted by molar-refractivity contribution is 5.96. The molecule has 2 amide bonds. The predicted molar refractivity (Wildman–Crippen MR) is 111 cm³/mol. The number of halogens is 1. The highest BCUT2D eigenvalue weighted by Gasteiger charge is 2.22. The number of aromatic nitrogens is 1. The Labute approximate surface area is 170 Å². The van der Waals surface area contributed by atoms with Crippen LogP contribution in [0.5, 0.6) is 5.75 Å². The van der Waals surface area contributed by atoms with E-state index in [-0.39, 0.29) is 29.3 Å². The molecule has 1 aromatic heterocycles. The highest BCUT2D eigenvalue weighted by atomic mass is 19.1. The van der Waals surface area contributed by atoms with Crippen molar-refractivity contribution in [3.8, 4) is 5.75 Å². The summed E-state index contributed by atoms with van der Waals surface area (Å²) in [5.41, 5.74) is 0.260. The first-order valence-electron chi connectivity index (χ1n) is 9.36. The maximum atomic E-state index is 14.4. The van der Waals surface area contributed by atoms with Gasteiger partial charge in [0, 0.05) is 28.6 Å². The largest absolute Gasteiger partial charge is 0.508 e. The maximum absolute atomic E-state index is 14.4. The van der Waals surface area contributed by atoms with Gasteiger partial charge in [-0.1, -0.05) is 20.8 Å². The Hall–Kier alpha value is -2.96. The molecule has 0 aliphatic heterocycles. The van der Waals surface area contributed by atoms with Gasteiger partial charge < -0.3 is 15.7 Å². The first-order valence-corrected chi connectivity index (χ1v) is 9.36. The van der Waals surface area contributed by atoms with E-state index >= 15 is 0 Å². The predicted octanol–water partition coefficient (Wildman–Crippen LogP) is 3.93. The molecular weight excluding hydrogens is 373 g/mol. The highest BCUT2D eigenvalue weighted by Crippen LogP contribution is 2.32. The van der Waals surface area contributed by atoms with Crippen molar-refractivity contribution in [2.75, 3.05) is 5.32 Å². The second-order valence-electron chi connectivity index (χ2n) is 9.07. The Balaban J connectivity index is 2.13. The number of benzene rings is 1. The molecule has 0 spiro atoms. The topological polar surface area (TPSA) is 91.3 Å². The van der Waals surface area contributed by atoms with Gasteiger partial charge in [-0.25, -0.2) is 4.39 Å². The van der Waals surface area contributed by atoms with Crippen molar-refractivity contribution in [1.29, 1.82) is 0 Å². The lowest BCUT2D eigenvalue weighted by molar-refractivity contribution is -0.115. The lowest BCUT2D eigenvalue weighted by atomic mass is 9.85. The molecule has 0 bridgehead atoms. The Morgan fingerprint density at radius 2 is 1.76 bits per heavy atom. The number of amides is 2. The zero-order chi connectivity index (χ0) is 22.0. The fraction of sp³-hybridized carbons (Fsp3) is 0.409. The van der Waals surface area contributed by atoms with Crippen molar-refractivity contribution < 1.29 is 19.1 Å². The molecule has 0 atom stereocenters. The first kappa shape index (κ1) is 22.3. The fourth-order valence-corrected chi connectivity index (χ4v) is 2.76. The van der Waals surface area contributed by atoms with Crippen LogP contribution in [0.2, 0.25) is 0 Å². The third kappa shape index (κ3) is 6.27. The molecule has 0 saturated heterocycles. The summed E-state index contributed by atoms with van der Waals surface area (Å²) in [5.74, 6) is -1.43. The number of pyridine rings is 1. The van der Waals surface area contributed by atoms with Crippen LogP contribution in [0.15, 0.2) is 30.5 Å². The van der Waals surface area contributed by atoms with E-state index in [4.69, 9.17) is 0 Å². The Bertz CT molecular complexity index is 928. The molecule has 29 heavy (non-hydrogen) atoms. The number of nitrogens with zero attached hydrogens (tertiary/aromatic N) is 1. The molecule has 1 heterocycles. The van der Waals surface area contributed by atoms with Crippen LogP contribution in [-0.4, -0.2) is 27.4 Å². The summed E-state index contributed by atoms with van der Waals surface area (Å²) in [7, 11) is 0. The molecule has 0 radical (unpaired) electrons. The van der Waals surface area contributed by atoms with E-state index in [0.29, 0.717) is 11.3 Å². The first-order chi connectivity index (χ1) is 13.3. The lowest BCUT2D eigenvalue weighted by Gasteiger charge is -2.21. The van der Waals surface area contributed by atoms with E-state index in [0.717, 1.165) is 0 Å². The smallest absolute Gasteiger partial charge is 0.270 e. The van der Waals surface area contributed by atoms with Crippen LogP contribution in [0.25, 0.3) is 0 Å². The Morgan fingerprint density at radius 1 is 1.10 bits per heavy atom. The summed E-state index contributed by atoms with van der Waals surface area (Å²) in [6, 6.07) is 5.54. The molecule has 1 aromatic carbocycles. The van der Waals surface area contributed by atoms with Crippen LogP contribution in [0.4, 0.5) is 10.1 Å². The van der Waals surface area contributed by atoms with Gasteiger partial charge in [0.1, 0.15) is 17.3 Å². The molecule has 2 rings (SSSR count). The van der Waals surface area contributed by atoms with Crippen molar-refractivity contribution >= 4 is 17.5 Å².